The molecule has 0 saturated heterocycles. The number of para-hydroxylation sites is 2. The number of allylic oxidation sites excluding steroid dienone is 1. The minimum atomic E-state index is -0.499. The molecule has 0 unspecified atom stereocenters. The highest BCUT2D eigenvalue weighted by atomic mass is 32.2. The first-order valence-electron chi connectivity index (χ1n) is 8.39. The normalized spacial score (nSPS) is 13.3. The first-order chi connectivity index (χ1) is 13.6. The lowest BCUT2D eigenvalue weighted by molar-refractivity contribution is 0.399. The Morgan fingerprint density at radius 1 is 1.29 bits per heavy atom. The third-order valence-electron chi connectivity index (χ3n) is 4.15. The topological polar surface area (TPSA) is 125 Å². The SMILES string of the molecule is Cc1occc1-c1nnc(S[C@H](C)/C(O)=C(\C#N)c2nc3ccccc3[nH]2)o1. The molecule has 1 aromatic carbocycles. The molecule has 140 valence electrons. The monoisotopic (exact) mass is 393 g/mol. The first-order valence-corrected chi connectivity index (χ1v) is 9.27. The Kier molecular flexibility index (Phi) is 4.63. The van der Waals surface area contributed by atoms with Crippen LogP contribution in [0.25, 0.3) is 28.1 Å². The summed E-state index contributed by atoms with van der Waals surface area (Å²) >= 11 is 1.15. The van der Waals surface area contributed by atoms with Crippen LogP contribution in [0.3, 0.4) is 0 Å². The lowest BCUT2D eigenvalue weighted by Crippen LogP contribution is -2.04. The van der Waals surface area contributed by atoms with E-state index in [9.17, 15) is 10.4 Å². The first kappa shape index (κ1) is 17.9. The van der Waals surface area contributed by atoms with Crippen molar-refractivity contribution in [2.75, 3.05) is 0 Å². The minimum absolute atomic E-state index is 0.0709. The van der Waals surface area contributed by atoms with Crippen LogP contribution in [0.15, 0.2) is 56.4 Å². The fraction of sp³-hybridized carbons (Fsp3) is 0.158. The number of aromatic amines is 1. The molecule has 0 aliphatic carbocycles. The van der Waals surface area contributed by atoms with Crippen molar-refractivity contribution in [1.29, 1.82) is 5.26 Å². The Labute approximate surface area is 163 Å². The van der Waals surface area contributed by atoms with Crippen molar-refractivity contribution < 1.29 is 13.9 Å². The van der Waals surface area contributed by atoms with Crippen molar-refractivity contribution >= 4 is 28.4 Å². The van der Waals surface area contributed by atoms with Gasteiger partial charge in [-0.1, -0.05) is 23.9 Å². The molecule has 0 saturated carbocycles. The van der Waals surface area contributed by atoms with Crippen molar-refractivity contribution in [3.63, 3.8) is 0 Å². The molecule has 1 atom stereocenters. The summed E-state index contributed by atoms with van der Waals surface area (Å²) in [7, 11) is 0. The predicted octanol–water partition coefficient (Wildman–Crippen LogP) is 4.49. The number of thioether (sulfide) groups is 1. The molecule has 0 fully saturated rings. The number of aliphatic hydroxyl groups is 1. The molecule has 0 amide bonds. The molecular formula is C19H15N5O3S. The van der Waals surface area contributed by atoms with Gasteiger partial charge in [-0.25, -0.2) is 4.98 Å². The number of benzene rings is 1. The van der Waals surface area contributed by atoms with E-state index < -0.39 is 5.25 Å². The van der Waals surface area contributed by atoms with Gasteiger partial charge in [0.2, 0.25) is 0 Å². The lowest BCUT2D eigenvalue weighted by atomic mass is 10.2. The Morgan fingerprint density at radius 3 is 2.82 bits per heavy atom. The van der Waals surface area contributed by atoms with Gasteiger partial charge in [0.25, 0.3) is 11.1 Å². The van der Waals surface area contributed by atoms with Gasteiger partial charge in [-0.15, -0.1) is 10.2 Å². The van der Waals surface area contributed by atoms with Crippen molar-refractivity contribution in [1.82, 2.24) is 20.2 Å². The maximum absolute atomic E-state index is 10.6. The van der Waals surface area contributed by atoms with E-state index in [0.717, 1.165) is 22.8 Å². The summed E-state index contributed by atoms with van der Waals surface area (Å²) in [6, 6.07) is 11.2. The number of hydrogen-bond donors (Lipinski definition) is 2. The predicted molar refractivity (Wildman–Crippen MR) is 103 cm³/mol. The maximum atomic E-state index is 10.6. The molecule has 4 rings (SSSR count). The smallest absolute Gasteiger partial charge is 0.277 e. The number of H-pyrrole nitrogens is 1. The summed E-state index contributed by atoms with van der Waals surface area (Å²) in [6.45, 7) is 3.54. The van der Waals surface area contributed by atoms with Crippen LogP contribution in [0.2, 0.25) is 0 Å². The standard InChI is InChI=1S/C19H15N5O3S/c1-10-12(7-8-26-10)18-23-24-19(27-18)28-11(2)16(25)13(9-20)17-21-14-5-3-4-6-15(14)22-17/h3-8,11,25H,1-2H3,(H,21,22)/b16-13-/t11-/m1/s1. The molecule has 28 heavy (non-hydrogen) atoms. The molecule has 0 radical (unpaired) electrons. The third-order valence-corrected chi connectivity index (χ3v) is 5.10. The van der Waals surface area contributed by atoms with Gasteiger partial charge >= 0.3 is 0 Å². The average Bonchev–Trinajstić information content (AvgIpc) is 3.41. The summed E-state index contributed by atoms with van der Waals surface area (Å²) < 4.78 is 10.9. The molecular weight excluding hydrogens is 378 g/mol. The summed E-state index contributed by atoms with van der Waals surface area (Å²) in [5.41, 5.74) is 2.29. The molecule has 0 bridgehead atoms. The Hall–Kier alpha value is -3.51. The molecule has 0 aliphatic rings. The highest BCUT2D eigenvalue weighted by molar-refractivity contribution is 7.99. The van der Waals surface area contributed by atoms with Crippen molar-refractivity contribution in [3.05, 3.63) is 53.9 Å². The zero-order valence-corrected chi connectivity index (χ0v) is 15.8. The number of aryl methyl sites for hydroxylation is 1. The quantitative estimate of drug-likeness (QED) is 0.289. The number of hydrogen-bond acceptors (Lipinski definition) is 8. The zero-order valence-electron chi connectivity index (χ0n) is 15.0. The molecule has 3 heterocycles. The second kappa shape index (κ2) is 7.25. The number of nitrogens with zero attached hydrogens (tertiary/aromatic N) is 4. The highest BCUT2D eigenvalue weighted by Crippen LogP contribution is 2.32. The number of imidazole rings is 1. The van der Waals surface area contributed by atoms with Gasteiger partial charge in [0.1, 0.15) is 23.2 Å². The largest absolute Gasteiger partial charge is 0.510 e. The van der Waals surface area contributed by atoms with Gasteiger partial charge in [0, 0.05) is 0 Å². The van der Waals surface area contributed by atoms with Crippen molar-refractivity contribution in [2.45, 2.75) is 24.3 Å². The fourth-order valence-electron chi connectivity index (χ4n) is 2.69. The second-order valence-electron chi connectivity index (χ2n) is 6.00. The summed E-state index contributed by atoms with van der Waals surface area (Å²) in [6.07, 6.45) is 1.55. The maximum Gasteiger partial charge on any atom is 0.277 e. The molecule has 0 aliphatic heterocycles. The van der Waals surface area contributed by atoms with Crippen molar-refractivity contribution in [2.24, 2.45) is 0 Å². The number of rotatable bonds is 5. The Bertz CT molecular complexity index is 1180. The summed E-state index contributed by atoms with van der Waals surface area (Å²) in [4.78, 5) is 7.43. The highest BCUT2D eigenvalue weighted by Gasteiger charge is 2.22. The molecule has 3 aromatic heterocycles. The van der Waals surface area contributed by atoms with Gasteiger partial charge in [-0.05, 0) is 32.0 Å². The number of aliphatic hydroxyl groups excluding tert-OH is 1. The van der Waals surface area contributed by atoms with Gasteiger partial charge in [0.15, 0.2) is 5.82 Å². The van der Waals surface area contributed by atoms with Crippen LogP contribution in [0.1, 0.15) is 18.5 Å². The minimum Gasteiger partial charge on any atom is -0.510 e. The van der Waals surface area contributed by atoms with Crippen LogP contribution in [-0.2, 0) is 0 Å². The van der Waals surface area contributed by atoms with E-state index in [1.165, 1.54) is 0 Å². The van der Waals surface area contributed by atoms with Crippen LogP contribution in [0, 0.1) is 18.3 Å². The molecule has 2 N–H and O–H groups in total. The molecule has 9 heteroatoms. The fourth-order valence-corrected chi connectivity index (χ4v) is 3.43. The number of nitrogens with one attached hydrogen (secondary N) is 1. The molecule has 4 aromatic rings. The van der Waals surface area contributed by atoms with E-state index in [1.54, 1.807) is 26.2 Å². The molecule has 8 nitrogen and oxygen atoms in total. The van der Waals surface area contributed by atoms with E-state index in [0.29, 0.717) is 23.0 Å². The van der Waals surface area contributed by atoms with Gasteiger partial charge < -0.3 is 18.9 Å². The van der Waals surface area contributed by atoms with Gasteiger partial charge in [-0.3, -0.25) is 0 Å². The summed E-state index contributed by atoms with van der Waals surface area (Å²) in [5, 5.41) is 27.9. The van der Waals surface area contributed by atoms with Crippen LogP contribution in [0.4, 0.5) is 0 Å². The van der Waals surface area contributed by atoms with E-state index in [1.807, 2.05) is 30.3 Å². The second-order valence-corrected chi connectivity index (χ2v) is 7.29. The lowest BCUT2D eigenvalue weighted by Gasteiger charge is -2.08. The van der Waals surface area contributed by atoms with Crippen LogP contribution in [0.5, 0.6) is 0 Å². The Balaban J connectivity index is 1.59. The van der Waals surface area contributed by atoms with E-state index in [-0.39, 0.29) is 16.6 Å². The van der Waals surface area contributed by atoms with Crippen LogP contribution >= 0.6 is 11.8 Å². The average molecular weight is 393 g/mol. The zero-order chi connectivity index (χ0) is 19.7. The number of aromatic nitrogens is 4. The van der Waals surface area contributed by atoms with Crippen LogP contribution < -0.4 is 0 Å². The Morgan fingerprint density at radius 2 is 2.11 bits per heavy atom. The summed E-state index contributed by atoms with van der Waals surface area (Å²) in [5.74, 6) is 1.20. The third kappa shape index (κ3) is 3.25. The number of nitriles is 1. The van der Waals surface area contributed by atoms with Crippen molar-refractivity contribution in [3.8, 4) is 17.5 Å². The van der Waals surface area contributed by atoms with E-state index >= 15 is 0 Å². The van der Waals surface area contributed by atoms with Gasteiger partial charge in [0.05, 0.1) is 28.1 Å². The number of fused-ring (bicyclic) bond motifs is 1. The number of furan rings is 1. The molecule has 0 spiro atoms. The van der Waals surface area contributed by atoms with Crippen LogP contribution in [-0.4, -0.2) is 30.5 Å². The van der Waals surface area contributed by atoms with E-state index in [4.69, 9.17) is 8.83 Å². The van der Waals surface area contributed by atoms with Gasteiger partial charge in [-0.2, -0.15) is 5.26 Å². The van der Waals surface area contributed by atoms with E-state index in [2.05, 4.69) is 20.2 Å².